The molecule has 0 aliphatic rings. The Kier molecular flexibility index (Phi) is 6.61. The molecule has 0 atom stereocenters. The number of carbonyl (C=O) groups excluding carboxylic acids is 1. The van der Waals surface area contributed by atoms with Gasteiger partial charge in [0.15, 0.2) is 0 Å². The molecule has 2 aromatic rings. The van der Waals surface area contributed by atoms with E-state index in [2.05, 4.69) is 17.2 Å². The van der Waals surface area contributed by atoms with E-state index in [-0.39, 0.29) is 5.91 Å². The van der Waals surface area contributed by atoms with Gasteiger partial charge in [-0.25, -0.2) is 4.98 Å². The molecule has 1 aromatic heterocycles. The Morgan fingerprint density at radius 2 is 1.92 bits per heavy atom. The molecular formula is C19H25N3O2. The van der Waals surface area contributed by atoms with Crippen molar-refractivity contribution in [1.29, 1.82) is 0 Å². The Morgan fingerprint density at radius 1 is 1.17 bits per heavy atom. The van der Waals surface area contributed by atoms with Crippen molar-refractivity contribution in [3.8, 4) is 5.75 Å². The smallest absolute Gasteiger partial charge is 0.255 e. The number of amides is 1. The lowest BCUT2D eigenvalue weighted by atomic mass is 10.2. The van der Waals surface area contributed by atoms with E-state index in [4.69, 9.17) is 4.74 Å². The Hall–Kier alpha value is -2.56. The molecule has 0 bridgehead atoms. The maximum Gasteiger partial charge on any atom is 0.255 e. The van der Waals surface area contributed by atoms with Gasteiger partial charge in [-0.1, -0.05) is 13.3 Å². The molecule has 0 radical (unpaired) electrons. The predicted molar refractivity (Wildman–Crippen MR) is 97.0 cm³/mol. The van der Waals surface area contributed by atoms with Crippen LogP contribution in [0.3, 0.4) is 0 Å². The molecule has 0 saturated heterocycles. The van der Waals surface area contributed by atoms with Crippen molar-refractivity contribution < 1.29 is 9.53 Å². The summed E-state index contributed by atoms with van der Waals surface area (Å²) >= 11 is 0. The summed E-state index contributed by atoms with van der Waals surface area (Å²) in [6.07, 6.45) is 3.69. The molecule has 1 N–H and O–H groups in total. The first-order valence-corrected chi connectivity index (χ1v) is 8.35. The quantitative estimate of drug-likeness (QED) is 0.793. The summed E-state index contributed by atoms with van der Waals surface area (Å²) < 4.78 is 5.42. The van der Waals surface area contributed by atoms with Gasteiger partial charge in [0.2, 0.25) is 0 Å². The van der Waals surface area contributed by atoms with Crippen molar-refractivity contribution in [3.05, 3.63) is 48.2 Å². The van der Waals surface area contributed by atoms with Crippen LogP contribution >= 0.6 is 0 Å². The van der Waals surface area contributed by atoms with Crippen LogP contribution in [0, 0.1) is 0 Å². The molecule has 0 aliphatic carbocycles. The summed E-state index contributed by atoms with van der Waals surface area (Å²) in [7, 11) is 1.82. The van der Waals surface area contributed by atoms with Gasteiger partial charge in [0.1, 0.15) is 11.6 Å². The lowest BCUT2D eigenvalue weighted by molar-refractivity contribution is 0.0793. The van der Waals surface area contributed by atoms with Gasteiger partial charge < -0.3 is 15.0 Å². The molecule has 5 nitrogen and oxygen atoms in total. The van der Waals surface area contributed by atoms with Gasteiger partial charge in [-0.15, -0.1) is 0 Å². The molecule has 1 heterocycles. The van der Waals surface area contributed by atoms with Gasteiger partial charge in [-0.3, -0.25) is 4.79 Å². The molecule has 1 amide bonds. The van der Waals surface area contributed by atoms with E-state index < -0.39 is 0 Å². The van der Waals surface area contributed by atoms with Crippen LogP contribution in [0.1, 0.15) is 37.0 Å². The van der Waals surface area contributed by atoms with Gasteiger partial charge in [0.25, 0.3) is 5.91 Å². The number of aromatic nitrogens is 1. The molecule has 1 aromatic carbocycles. The van der Waals surface area contributed by atoms with E-state index in [1.807, 2.05) is 44.3 Å². The van der Waals surface area contributed by atoms with E-state index in [0.717, 1.165) is 30.8 Å². The molecule has 0 saturated carbocycles. The van der Waals surface area contributed by atoms with E-state index in [1.165, 1.54) is 0 Å². The average molecular weight is 327 g/mol. The van der Waals surface area contributed by atoms with Crippen molar-refractivity contribution in [2.24, 2.45) is 0 Å². The van der Waals surface area contributed by atoms with E-state index in [0.29, 0.717) is 18.0 Å². The van der Waals surface area contributed by atoms with Gasteiger partial charge in [-0.05, 0) is 49.7 Å². The number of rotatable bonds is 8. The number of pyridine rings is 1. The highest BCUT2D eigenvalue weighted by atomic mass is 16.5. The molecule has 128 valence electrons. The number of anilines is 2. The molecule has 5 heteroatoms. The van der Waals surface area contributed by atoms with Crippen molar-refractivity contribution in [2.45, 2.75) is 26.7 Å². The summed E-state index contributed by atoms with van der Waals surface area (Å²) in [4.78, 5) is 18.3. The van der Waals surface area contributed by atoms with E-state index in [9.17, 15) is 4.79 Å². The zero-order valence-electron chi connectivity index (χ0n) is 14.6. The maximum absolute atomic E-state index is 12.3. The predicted octanol–water partition coefficient (Wildman–Crippen LogP) is 4.10. The van der Waals surface area contributed by atoms with Gasteiger partial charge in [-0.2, -0.15) is 0 Å². The summed E-state index contributed by atoms with van der Waals surface area (Å²) in [5, 5.41) is 3.21. The lowest BCUT2D eigenvalue weighted by Crippen LogP contribution is -2.27. The molecule has 2 rings (SSSR count). The molecule has 24 heavy (non-hydrogen) atoms. The largest absolute Gasteiger partial charge is 0.494 e. The summed E-state index contributed by atoms with van der Waals surface area (Å²) in [6, 6.07) is 11.3. The highest BCUT2D eigenvalue weighted by Gasteiger charge is 2.11. The fourth-order valence-corrected chi connectivity index (χ4v) is 2.26. The van der Waals surface area contributed by atoms with Gasteiger partial charge >= 0.3 is 0 Å². The number of unbranched alkanes of at least 4 members (excludes halogenated alkanes) is 1. The van der Waals surface area contributed by atoms with Crippen LogP contribution in [0.15, 0.2) is 42.6 Å². The zero-order chi connectivity index (χ0) is 17.4. The monoisotopic (exact) mass is 327 g/mol. The first-order chi connectivity index (χ1) is 11.6. The van der Waals surface area contributed by atoms with Crippen LogP contribution in [0.5, 0.6) is 5.75 Å². The Morgan fingerprint density at radius 3 is 2.50 bits per heavy atom. The van der Waals surface area contributed by atoms with Crippen molar-refractivity contribution in [1.82, 2.24) is 9.88 Å². The zero-order valence-corrected chi connectivity index (χ0v) is 14.6. The second kappa shape index (κ2) is 8.91. The van der Waals surface area contributed by atoms with Crippen molar-refractivity contribution in [2.75, 3.05) is 25.5 Å². The standard InChI is InChI=1S/C19H25N3O2/c1-4-6-13-22(3)19(23)15-7-12-18(20-14-15)21-16-8-10-17(11-9-16)24-5-2/h7-12,14H,4-6,13H2,1-3H3,(H,20,21). The highest BCUT2D eigenvalue weighted by Crippen LogP contribution is 2.19. The topological polar surface area (TPSA) is 54.5 Å². The Labute approximate surface area is 143 Å². The van der Waals surface area contributed by atoms with Gasteiger partial charge in [0.05, 0.1) is 12.2 Å². The second-order valence-corrected chi connectivity index (χ2v) is 5.59. The second-order valence-electron chi connectivity index (χ2n) is 5.59. The van der Waals surface area contributed by atoms with Gasteiger partial charge in [0, 0.05) is 25.5 Å². The van der Waals surface area contributed by atoms with E-state index >= 15 is 0 Å². The molecule has 0 spiro atoms. The van der Waals surface area contributed by atoms with Crippen molar-refractivity contribution >= 4 is 17.4 Å². The number of nitrogens with zero attached hydrogens (tertiary/aromatic N) is 2. The average Bonchev–Trinajstić information content (AvgIpc) is 2.61. The van der Waals surface area contributed by atoms with Crippen LogP contribution in [-0.2, 0) is 0 Å². The van der Waals surface area contributed by atoms with Crippen LogP contribution in [0.25, 0.3) is 0 Å². The molecule has 0 fully saturated rings. The number of hydrogen-bond donors (Lipinski definition) is 1. The first kappa shape index (κ1) is 17.8. The van der Waals surface area contributed by atoms with Crippen molar-refractivity contribution in [3.63, 3.8) is 0 Å². The minimum atomic E-state index is 0.00330. The molecule has 0 aliphatic heterocycles. The number of ether oxygens (including phenoxy) is 1. The van der Waals surface area contributed by atoms with Crippen LogP contribution in [-0.4, -0.2) is 36.0 Å². The highest BCUT2D eigenvalue weighted by molar-refractivity contribution is 5.93. The number of benzene rings is 1. The number of carbonyl (C=O) groups is 1. The maximum atomic E-state index is 12.3. The summed E-state index contributed by atoms with van der Waals surface area (Å²) in [5.41, 5.74) is 1.52. The normalized spacial score (nSPS) is 10.3. The Balaban J connectivity index is 1.97. The minimum Gasteiger partial charge on any atom is -0.494 e. The molecular weight excluding hydrogens is 302 g/mol. The van der Waals surface area contributed by atoms with E-state index in [1.54, 1.807) is 17.2 Å². The Bertz CT molecular complexity index is 639. The summed E-state index contributed by atoms with van der Waals surface area (Å²) in [5.74, 6) is 1.54. The van der Waals surface area contributed by atoms with Crippen LogP contribution < -0.4 is 10.1 Å². The van der Waals surface area contributed by atoms with Crippen LogP contribution in [0.2, 0.25) is 0 Å². The molecule has 0 unspecified atom stereocenters. The lowest BCUT2D eigenvalue weighted by Gasteiger charge is -2.16. The fraction of sp³-hybridized carbons (Fsp3) is 0.368. The third-order valence-corrected chi connectivity index (χ3v) is 3.64. The fourth-order valence-electron chi connectivity index (χ4n) is 2.26. The SMILES string of the molecule is CCCCN(C)C(=O)c1ccc(Nc2ccc(OCC)cc2)nc1. The first-order valence-electron chi connectivity index (χ1n) is 8.35. The number of hydrogen-bond acceptors (Lipinski definition) is 4. The summed E-state index contributed by atoms with van der Waals surface area (Å²) in [6.45, 7) is 5.48. The number of nitrogens with one attached hydrogen (secondary N) is 1. The minimum absolute atomic E-state index is 0.00330. The third kappa shape index (κ3) is 4.98. The van der Waals surface area contributed by atoms with Crippen LogP contribution in [0.4, 0.5) is 11.5 Å². The third-order valence-electron chi connectivity index (χ3n) is 3.64.